The number of hydrogen-bond acceptors (Lipinski definition) is 3. The fraction of sp³-hybridized carbons (Fsp3) is 0.833. The Morgan fingerprint density at radius 1 is 1.55 bits per heavy atom. The molecule has 0 aliphatic carbocycles. The number of rotatable bonds is 5. The number of nitrogens with two attached hydrogens (primary N) is 2. The van der Waals surface area contributed by atoms with Crippen LogP contribution in [-0.4, -0.2) is 28.5 Å². The molecule has 0 rings (SSSR count). The van der Waals surface area contributed by atoms with Crippen LogP contribution in [0.25, 0.3) is 0 Å². The van der Waals surface area contributed by atoms with E-state index >= 15 is 0 Å². The minimum absolute atomic E-state index is 0.174. The van der Waals surface area contributed by atoms with Crippen molar-refractivity contribution in [3.05, 3.63) is 0 Å². The molecule has 0 aromatic carbocycles. The van der Waals surface area contributed by atoms with Crippen LogP contribution in [0.1, 0.15) is 12.8 Å². The lowest BCUT2D eigenvalue weighted by Gasteiger charge is -2.08. The zero-order valence-electron chi connectivity index (χ0n) is 6.16. The molecule has 0 aliphatic rings. The number of carbonyl (C=O) groups is 1. The van der Waals surface area contributed by atoms with Gasteiger partial charge >= 0.3 is 5.97 Å². The summed E-state index contributed by atoms with van der Waals surface area (Å²) in [7, 11) is 0. The van der Waals surface area contributed by atoms with Gasteiger partial charge in [-0.05, 0) is 12.8 Å². The molecule has 0 aromatic heterocycles. The van der Waals surface area contributed by atoms with Gasteiger partial charge in [-0.15, -0.1) is 0 Å². The van der Waals surface area contributed by atoms with Gasteiger partial charge in [-0.2, -0.15) is 0 Å². The molecule has 0 aromatic rings. The Labute approximate surface area is 74.1 Å². The van der Waals surface area contributed by atoms with Crippen LogP contribution in [0.5, 0.6) is 0 Å². The molecule has 11 heavy (non-hydrogen) atoms. The van der Waals surface area contributed by atoms with Crippen molar-refractivity contribution in [3.63, 3.8) is 0 Å². The number of halogens is 1. The summed E-state index contributed by atoms with van der Waals surface area (Å²) >= 11 is 3.28. The summed E-state index contributed by atoms with van der Waals surface area (Å²) < 4.78 is 0. The van der Waals surface area contributed by atoms with E-state index in [0.29, 0.717) is 19.4 Å². The second-order valence-corrected chi connectivity index (χ2v) is 3.65. The van der Waals surface area contributed by atoms with Crippen LogP contribution in [0.3, 0.4) is 0 Å². The summed E-state index contributed by atoms with van der Waals surface area (Å²) in [6, 6.07) is -0.762. The third-order valence-electron chi connectivity index (χ3n) is 1.36. The predicted octanol–water partition coefficient (Wildman–Crippen LogP) is -0.0993. The number of hydrogen-bond donors (Lipinski definition) is 3. The molecular formula is C6H13BrN2O2. The monoisotopic (exact) mass is 224 g/mol. The minimum Gasteiger partial charge on any atom is -0.480 e. The van der Waals surface area contributed by atoms with Crippen LogP contribution in [-0.2, 0) is 4.79 Å². The lowest BCUT2D eigenvalue weighted by atomic mass is 10.1. The second kappa shape index (κ2) is 5.51. The van der Waals surface area contributed by atoms with E-state index < -0.39 is 12.0 Å². The summed E-state index contributed by atoms with van der Waals surface area (Å²) in [5, 5.41) is 8.40. The number of alkyl halides is 1. The molecule has 1 unspecified atom stereocenters. The Hall–Kier alpha value is -0.130. The lowest BCUT2D eigenvalue weighted by molar-refractivity contribution is -0.138. The third-order valence-corrected chi connectivity index (χ3v) is 2.20. The van der Waals surface area contributed by atoms with Crippen LogP contribution >= 0.6 is 15.9 Å². The van der Waals surface area contributed by atoms with E-state index in [1.165, 1.54) is 0 Å². The molecule has 5 N–H and O–H groups in total. The van der Waals surface area contributed by atoms with Crippen LogP contribution in [0.4, 0.5) is 0 Å². The molecule has 0 heterocycles. The Balaban J connectivity index is 3.45. The van der Waals surface area contributed by atoms with E-state index in [2.05, 4.69) is 15.9 Å². The molecule has 0 saturated heterocycles. The number of carboxylic acids is 1. The quantitative estimate of drug-likeness (QED) is 0.570. The molecule has 66 valence electrons. The topological polar surface area (TPSA) is 89.3 Å². The van der Waals surface area contributed by atoms with Crippen molar-refractivity contribution in [2.24, 2.45) is 11.5 Å². The van der Waals surface area contributed by atoms with Gasteiger partial charge in [0.05, 0.1) is 0 Å². The molecule has 2 atom stereocenters. The average Bonchev–Trinajstić information content (AvgIpc) is 1.99. The molecule has 0 amide bonds. The van der Waals surface area contributed by atoms with E-state index in [1.807, 2.05) is 0 Å². The molecule has 0 bridgehead atoms. The second-order valence-electron chi connectivity index (χ2n) is 2.36. The first kappa shape index (κ1) is 10.9. The van der Waals surface area contributed by atoms with E-state index in [-0.39, 0.29) is 4.83 Å². The predicted molar refractivity (Wildman–Crippen MR) is 46.6 cm³/mol. The maximum atomic E-state index is 10.2. The van der Waals surface area contributed by atoms with Gasteiger partial charge in [0.15, 0.2) is 0 Å². The van der Waals surface area contributed by atoms with Crippen molar-refractivity contribution in [1.82, 2.24) is 0 Å². The Morgan fingerprint density at radius 2 is 2.09 bits per heavy atom. The van der Waals surface area contributed by atoms with E-state index in [4.69, 9.17) is 16.6 Å². The van der Waals surface area contributed by atoms with Gasteiger partial charge in [-0.3, -0.25) is 4.79 Å². The molecule has 4 nitrogen and oxygen atoms in total. The fourth-order valence-electron chi connectivity index (χ4n) is 0.602. The highest BCUT2D eigenvalue weighted by atomic mass is 79.9. The summed E-state index contributed by atoms with van der Waals surface area (Å²) in [5.74, 6) is -0.957. The highest BCUT2D eigenvalue weighted by molar-refractivity contribution is 9.09. The molecule has 0 fully saturated rings. The summed E-state index contributed by atoms with van der Waals surface area (Å²) in [6.07, 6.45) is 1.16. The zero-order valence-corrected chi connectivity index (χ0v) is 7.75. The van der Waals surface area contributed by atoms with Crippen molar-refractivity contribution >= 4 is 21.9 Å². The van der Waals surface area contributed by atoms with Crippen molar-refractivity contribution in [2.45, 2.75) is 23.7 Å². The minimum atomic E-state index is -0.957. The first-order valence-corrected chi connectivity index (χ1v) is 4.32. The van der Waals surface area contributed by atoms with Crippen molar-refractivity contribution in [3.8, 4) is 0 Å². The highest BCUT2D eigenvalue weighted by Crippen LogP contribution is 2.07. The highest BCUT2D eigenvalue weighted by Gasteiger charge is 2.12. The SMILES string of the molecule is NCC(Br)CC[C@H](N)C(=O)O. The maximum absolute atomic E-state index is 10.2. The van der Waals surface area contributed by atoms with E-state index in [0.717, 1.165) is 0 Å². The Kier molecular flexibility index (Phi) is 5.45. The van der Waals surface area contributed by atoms with Crippen LogP contribution in [0, 0.1) is 0 Å². The third kappa shape index (κ3) is 5.17. The largest absolute Gasteiger partial charge is 0.480 e. The maximum Gasteiger partial charge on any atom is 0.320 e. The first-order valence-electron chi connectivity index (χ1n) is 3.40. The number of aliphatic carboxylic acids is 1. The van der Waals surface area contributed by atoms with Gasteiger partial charge in [0.1, 0.15) is 6.04 Å². The van der Waals surface area contributed by atoms with Gasteiger partial charge in [-0.1, -0.05) is 15.9 Å². The summed E-state index contributed by atoms with van der Waals surface area (Å²) in [6.45, 7) is 0.506. The summed E-state index contributed by atoms with van der Waals surface area (Å²) in [5.41, 5.74) is 10.6. The van der Waals surface area contributed by atoms with Gasteiger partial charge in [-0.25, -0.2) is 0 Å². The zero-order chi connectivity index (χ0) is 8.85. The van der Waals surface area contributed by atoms with Gasteiger partial charge in [0.25, 0.3) is 0 Å². The molecule has 0 spiro atoms. The molecule has 0 radical (unpaired) electrons. The summed E-state index contributed by atoms with van der Waals surface area (Å²) in [4.78, 5) is 10.4. The Bertz CT molecular complexity index is 132. The van der Waals surface area contributed by atoms with Crippen LogP contribution in [0.15, 0.2) is 0 Å². The first-order chi connectivity index (χ1) is 5.07. The smallest absolute Gasteiger partial charge is 0.320 e. The van der Waals surface area contributed by atoms with Crippen molar-refractivity contribution < 1.29 is 9.90 Å². The van der Waals surface area contributed by atoms with E-state index in [9.17, 15) is 4.79 Å². The molecule has 5 heteroatoms. The van der Waals surface area contributed by atoms with Gasteiger partial charge < -0.3 is 16.6 Å². The van der Waals surface area contributed by atoms with Crippen molar-refractivity contribution in [1.29, 1.82) is 0 Å². The standard InChI is InChI=1S/C6H13BrN2O2/c7-4(3-8)1-2-5(9)6(10)11/h4-5H,1-3,8-9H2,(H,10,11)/t4?,5-/m0/s1. The van der Waals surface area contributed by atoms with Crippen molar-refractivity contribution in [2.75, 3.05) is 6.54 Å². The lowest BCUT2D eigenvalue weighted by Crippen LogP contribution is -2.31. The Morgan fingerprint density at radius 3 is 2.45 bits per heavy atom. The normalized spacial score (nSPS) is 15.9. The molecular weight excluding hydrogens is 212 g/mol. The van der Waals surface area contributed by atoms with E-state index in [1.54, 1.807) is 0 Å². The van der Waals surface area contributed by atoms with Crippen LogP contribution < -0.4 is 11.5 Å². The molecule has 0 saturated carbocycles. The van der Waals surface area contributed by atoms with Crippen LogP contribution in [0.2, 0.25) is 0 Å². The molecule has 0 aliphatic heterocycles. The fourth-order valence-corrected chi connectivity index (χ4v) is 0.866. The van der Waals surface area contributed by atoms with Gasteiger partial charge in [0.2, 0.25) is 0 Å². The van der Waals surface area contributed by atoms with Gasteiger partial charge in [0, 0.05) is 11.4 Å². The average molecular weight is 225 g/mol. The number of carboxylic acid groups (broad SMARTS) is 1.